The Balaban J connectivity index is 1.34. The van der Waals surface area contributed by atoms with Gasteiger partial charge in [-0.3, -0.25) is 9.78 Å². The number of ether oxygens (including phenoxy) is 1. The number of nitrogens with zero attached hydrogens (tertiary/aromatic N) is 5. The van der Waals surface area contributed by atoms with Gasteiger partial charge in [0.1, 0.15) is 5.75 Å². The van der Waals surface area contributed by atoms with Crippen LogP contribution in [0.2, 0.25) is 0 Å². The van der Waals surface area contributed by atoms with E-state index in [1.807, 2.05) is 43.5 Å². The summed E-state index contributed by atoms with van der Waals surface area (Å²) in [5, 5.41) is 7.56. The smallest absolute Gasteiger partial charge is 0.255 e. The molecule has 0 radical (unpaired) electrons. The highest BCUT2D eigenvalue weighted by Gasteiger charge is 2.34. The number of carbonyl (C=O) groups is 1. The Labute approximate surface area is 203 Å². The highest BCUT2D eigenvalue weighted by atomic mass is 16.5. The molecule has 0 saturated heterocycles. The van der Waals surface area contributed by atoms with Crippen LogP contribution >= 0.6 is 0 Å². The van der Waals surface area contributed by atoms with E-state index in [1.54, 1.807) is 18.0 Å². The summed E-state index contributed by atoms with van der Waals surface area (Å²) in [5.74, 6) is 1.41. The third-order valence-electron chi connectivity index (χ3n) is 6.67. The molecule has 1 amide bonds. The van der Waals surface area contributed by atoms with Crippen LogP contribution in [-0.2, 0) is 19.4 Å². The first-order valence-corrected chi connectivity index (χ1v) is 11.9. The zero-order valence-corrected chi connectivity index (χ0v) is 19.8. The van der Waals surface area contributed by atoms with Crippen molar-refractivity contribution in [1.82, 2.24) is 30.0 Å². The summed E-state index contributed by atoms with van der Waals surface area (Å²) >= 11 is 0. The number of nitrogens with one attached hydrogen (secondary N) is 1. The molecule has 2 aliphatic carbocycles. The molecule has 1 N–H and O–H groups in total. The largest absolute Gasteiger partial charge is 0.497 e. The molecule has 8 nitrogen and oxygen atoms in total. The van der Waals surface area contributed by atoms with Gasteiger partial charge in [-0.25, -0.2) is 14.6 Å². The Morgan fingerprint density at radius 2 is 1.97 bits per heavy atom. The first kappa shape index (κ1) is 21.5. The fraction of sp³-hybridized carbons (Fsp3) is 0.296. The molecule has 2 aliphatic rings. The summed E-state index contributed by atoms with van der Waals surface area (Å²) < 4.78 is 7.19. The zero-order valence-electron chi connectivity index (χ0n) is 19.8. The zero-order chi connectivity index (χ0) is 23.9. The third kappa shape index (κ3) is 4.05. The van der Waals surface area contributed by atoms with Gasteiger partial charge in [0.25, 0.3) is 11.9 Å². The molecule has 0 bridgehead atoms. The van der Waals surface area contributed by atoms with Crippen molar-refractivity contribution in [1.29, 1.82) is 0 Å². The number of hydrogen-bond donors (Lipinski definition) is 1. The summed E-state index contributed by atoms with van der Waals surface area (Å²) in [6, 6.07) is 11.9. The number of fused-ring (bicyclic) bond motifs is 3. The van der Waals surface area contributed by atoms with Gasteiger partial charge in [-0.1, -0.05) is 12.1 Å². The van der Waals surface area contributed by atoms with Gasteiger partial charge in [0, 0.05) is 23.4 Å². The van der Waals surface area contributed by atoms with Crippen molar-refractivity contribution in [2.75, 3.05) is 7.11 Å². The van der Waals surface area contributed by atoms with Gasteiger partial charge >= 0.3 is 0 Å². The lowest BCUT2D eigenvalue weighted by Crippen LogP contribution is -2.24. The number of rotatable bonds is 6. The minimum absolute atomic E-state index is 0.158. The maximum Gasteiger partial charge on any atom is 0.255 e. The maximum atomic E-state index is 13.1. The van der Waals surface area contributed by atoms with Crippen LogP contribution in [0.25, 0.3) is 17.2 Å². The molecule has 0 aliphatic heterocycles. The average molecular weight is 467 g/mol. The Morgan fingerprint density at radius 1 is 1.11 bits per heavy atom. The normalized spacial score (nSPS) is 14.2. The molecule has 0 atom stereocenters. The van der Waals surface area contributed by atoms with E-state index in [2.05, 4.69) is 26.4 Å². The van der Waals surface area contributed by atoms with E-state index in [0.29, 0.717) is 18.1 Å². The maximum absolute atomic E-state index is 13.1. The van der Waals surface area contributed by atoms with Crippen molar-refractivity contribution in [3.8, 4) is 23.0 Å². The van der Waals surface area contributed by atoms with Crippen molar-refractivity contribution >= 4 is 5.91 Å². The molecular formula is C27H26N6O2. The van der Waals surface area contributed by atoms with E-state index in [4.69, 9.17) is 9.72 Å². The Kier molecular flexibility index (Phi) is 5.28. The van der Waals surface area contributed by atoms with Crippen LogP contribution in [-0.4, -0.2) is 37.7 Å². The van der Waals surface area contributed by atoms with E-state index >= 15 is 0 Å². The summed E-state index contributed by atoms with van der Waals surface area (Å²) in [6.07, 6.45) is 7.41. The second kappa shape index (κ2) is 8.61. The first-order chi connectivity index (χ1) is 17.1. The first-order valence-electron chi connectivity index (χ1n) is 11.9. The highest BCUT2D eigenvalue weighted by Crippen LogP contribution is 2.42. The standard InChI is InChI=1S/C27H26N6O2/c1-16-4-3-5-20(31-16)14-28-26(34)23-15-30-33(25(23)18-7-8-18)27-29-13-19-9-6-17-10-11-21(35-2)12-22(17)24(19)32-27/h3-5,10-13,15,18H,6-9,14H2,1-2H3,(H,28,34). The van der Waals surface area contributed by atoms with Crippen molar-refractivity contribution in [3.05, 3.63) is 82.6 Å². The Bertz CT molecular complexity index is 1440. The monoisotopic (exact) mass is 466 g/mol. The number of benzene rings is 1. The van der Waals surface area contributed by atoms with E-state index in [0.717, 1.165) is 65.3 Å². The van der Waals surface area contributed by atoms with Crippen LogP contribution in [0.4, 0.5) is 0 Å². The molecular weight excluding hydrogens is 440 g/mol. The predicted octanol–water partition coefficient (Wildman–Crippen LogP) is 3.95. The quantitative estimate of drug-likeness (QED) is 0.462. The third-order valence-corrected chi connectivity index (χ3v) is 6.67. The van der Waals surface area contributed by atoms with E-state index in [9.17, 15) is 4.79 Å². The number of carbonyl (C=O) groups excluding carboxylic acids is 1. The molecule has 35 heavy (non-hydrogen) atoms. The van der Waals surface area contributed by atoms with Crippen LogP contribution in [0.3, 0.4) is 0 Å². The van der Waals surface area contributed by atoms with Crippen molar-refractivity contribution < 1.29 is 9.53 Å². The molecule has 8 heteroatoms. The molecule has 0 spiro atoms. The lowest BCUT2D eigenvalue weighted by atomic mass is 9.90. The van der Waals surface area contributed by atoms with Crippen LogP contribution in [0.5, 0.6) is 5.75 Å². The Morgan fingerprint density at radius 3 is 2.77 bits per heavy atom. The van der Waals surface area contributed by atoms with Crippen LogP contribution in [0, 0.1) is 6.92 Å². The molecule has 3 aromatic heterocycles. The van der Waals surface area contributed by atoms with Crippen molar-refractivity contribution in [2.24, 2.45) is 0 Å². The lowest BCUT2D eigenvalue weighted by molar-refractivity contribution is 0.0949. The predicted molar refractivity (Wildman–Crippen MR) is 131 cm³/mol. The van der Waals surface area contributed by atoms with Gasteiger partial charge in [0.2, 0.25) is 0 Å². The highest BCUT2D eigenvalue weighted by molar-refractivity contribution is 5.95. The fourth-order valence-electron chi connectivity index (χ4n) is 4.71. The van der Waals surface area contributed by atoms with Crippen molar-refractivity contribution in [3.63, 3.8) is 0 Å². The lowest BCUT2D eigenvalue weighted by Gasteiger charge is -2.20. The summed E-state index contributed by atoms with van der Waals surface area (Å²) in [7, 11) is 1.67. The molecule has 1 aromatic carbocycles. The van der Waals surface area contributed by atoms with Crippen molar-refractivity contribution in [2.45, 2.75) is 45.1 Å². The summed E-state index contributed by atoms with van der Waals surface area (Å²) in [5.41, 5.74) is 7.53. The second-order valence-corrected chi connectivity index (χ2v) is 9.15. The summed E-state index contributed by atoms with van der Waals surface area (Å²) in [6.45, 7) is 2.30. The minimum atomic E-state index is -0.158. The van der Waals surface area contributed by atoms with Gasteiger partial charge in [-0.2, -0.15) is 5.10 Å². The van der Waals surface area contributed by atoms with E-state index in [1.165, 1.54) is 5.56 Å². The number of pyridine rings is 1. The molecule has 4 aromatic rings. The molecule has 3 heterocycles. The molecule has 1 saturated carbocycles. The minimum Gasteiger partial charge on any atom is -0.497 e. The van der Waals surface area contributed by atoms with E-state index in [-0.39, 0.29) is 11.8 Å². The number of aryl methyl sites for hydroxylation is 3. The SMILES string of the molecule is COc1ccc2c(c1)-c1nc(-n3ncc(C(=O)NCc4cccc(C)n4)c3C3CC3)ncc1CC2. The summed E-state index contributed by atoms with van der Waals surface area (Å²) in [4.78, 5) is 27.2. The van der Waals surface area contributed by atoms with Crippen LogP contribution in [0.1, 0.15) is 57.3 Å². The molecule has 1 fully saturated rings. The van der Waals surface area contributed by atoms with Crippen LogP contribution in [0.15, 0.2) is 48.8 Å². The van der Waals surface area contributed by atoms with Gasteiger partial charge in [0.15, 0.2) is 0 Å². The number of amides is 1. The Hall–Kier alpha value is -4.07. The fourth-order valence-corrected chi connectivity index (χ4v) is 4.71. The van der Waals surface area contributed by atoms with Gasteiger partial charge in [0.05, 0.1) is 42.5 Å². The number of hydrogen-bond acceptors (Lipinski definition) is 6. The van der Waals surface area contributed by atoms with E-state index < -0.39 is 0 Å². The molecule has 0 unspecified atom stereocenters. The number of methoxy groups -OCH3 is 1. The van der Waals surface area contributed by atoms with Gasteiger partial charge in [-0.05, 0) is 68.0 Å². The van der Waals surface area contributed by atoms with Gasteiger partial charge in [-0.15, -0.1) is 0 Å². The molecule has 6 rings (SSSR count). The second-order valence-electron chi connectivity index (χ2n) is 9.15. The van der Waals surface area contributed by atoms with Crippen LogP contribution < -0.4 is 10.1 Å². The number of aromatic nitrogens is 5. The topological polar surface area (TPSA) is 94.8 Å². The molecule has 176 valence electrons. The average Bonchev–Trinajstić information content (AvgIpc) is 3.64. The van der Waals surface area contributed by atoms with Gasteiger partial charge < -0.3 is 10.1 Å².